The molecular formula is C72H56F4N8O8S4. The highest BCUT2D eigenvalue weighted by Gasteiger charge is 2.29. The molecule has 96 heavy (non-hydrogen) atoms. The van der Waals surface area contributed by atoms with Crippen molar-refractivity contribution in [3.05, 3.63) is 308 Å². The number of nitrogens with one attached hydrogen (secondary N) is 8. The molecule has 1 aliphatic heterocycles. The fraction of sp³-hybridized carbons (Fsp3) is 0.0556. The van der Waals surface area contributed by atoms with Gasteiger partial charge in [0.15, 0.2) is 0 Å². The lowest BCUT2D eigenvalue weighted by Gasteiger charge is -2.16. The van der Waals surface area contributed by atoms with Crippen LogP contribution in [-0.2, 0) is 40.1 Å². The number of halogens is 4. The van der Waals surface area contributed by atoms with Crippen LogP contribution in [0.2, 0.25) is 0 Å². The fourth-order valence-corrected chi connectivity index (χ4v) is 16.1. The van der Waals surface area contributed by atoms with Crippen LogP contribution in [0.15, 0.2) is 238 Å². The largest absolute Gasteiger partial charge is 0.354 e. The maximum atomic E-state index is 15.8. The highest BCUT2D eigenvalue weighted by molar-refractivity contribution is 7.90. The van der Waals surface area contributed by atoms with Crippen LogP contribution < -0.4 is 40.3 Å². The van der Waals surface area contributed by atoms with Gasteiger partial charge in [0.2, 0.25) is 40.1 Å². The third-order valence-corrected chi connectivity index (χ3v) is 22.7. The molecule has 8 aromatic carbocycles. The van der Waals surface area contributed by atoms with Crippen molar-refractivity contribution in [1.29, 1.82) is 0 Å². The SMILES string of the molecule is CNS(=O)(=O)c1cc(C2=c3ccc([nH]3)=C(c3ccc(-c4ccccc4F)c(S(=O)(=O)NC)c3)c3ccc([nH]3)C(c3ccc(-c4ccccc4F)c(S(=O)(=O)NC)c3)=c3ccc([nH]3)=C(c3ccc(-c4ccccc4F)c(S(=O)(=O)NC)c3)c3ccc2[nH]3)ccc1-c1ccccc1F. The topological polar surface area (TPSA) is 248 Å². The van der Waals surface area contributed by atoms with Crippen molar-refractivity contribution in [2.24, 2.45) is 0 Å². The molecule has 0 unspecified atom stereocenters. The van der Waals surface area contributed by atoms with Gasteiger partial charge in [0.05, 0.1) is 19.6 Å². The minimum Gasteiger partial charge on any atom is -0.354 e. The van der Waals surface area contributed by atoms with Gasteiger partial charge < -0.3 is 19.9 Å². The molecule has 0 saturated carbocycles. The van der Waals surface area contributed by atoms with Crippen LogP contribution in [0.5, 0.6) is 0 Å². The minimum absolute atomic E-state index is 0.00379. The number of H-pyrrole nitrogens is 4. The fourth-order valence-electron chi connectivity index (χ4n) is 12.2. The molecule has 484 valence electrons. The van der Waals surface area contributed by atoms with Gasteiger partial charge in [-0.15, -0.1) is 0 Å². The van der Waals surface area contributed by atoms with Gasteiger partial charge in [0, 0.05) is 111 Å². The van der Waals surface area contributed by atoms with E-state index in [4.69, 9.17) is 0 Å². The molecule has 0 atom stereocenters. The van der Waals surface area contributed by atoms with Gasteiger partial charge in [0.1, 0.15) is 23.3 Å². The standard InChI is InChI=1S/C72H56F4N8O8S4/c1-77-93(85,86)65-37-41(21-25-49(65)45-13-5-9-17-53(45)73)69-57-29-31-59(81-57)70(42-22-26-50(46-14-6-10-18-54(46)74)66(38-42)94(87,88)78-2)61-33-35-63(83-61)72(44-24-28-52(48-16-8-12-20-56(48)76)68(40-44)96(91,92)80-4)64-36-34-62(84-64)71(60-32-30-58(69)82-60)43-23-27-51(47-15-7-11-19-55(47)75)67(39-43)95(89,90)79-3/h5-40,77-84H,1-4H3. The van der Waals surface area contributed by atoms with Gasteiger partial charge in [-0.1, -0.05) is 121 Å². The molecule has 0 fully saturated rings. The lowest BCUT2D eigenvalue weighted by atomic mass is 9.98. The van der Waals surface area contributed by atoms with E-state index in [-0.39, 0.29) is 86.3 Å². The second-order valence-electron chi connectivity index (χ2n) is 22.2. The zero-order valence-electron chi connectivity index (χ0n) is 51.2. The summed E-state index contributed by atoms with van der Waals surface area (Å²) in [4.78, 5) is 13.1. The molecule has 8 bridgehead atoms. The monoisotopic (exact) mass is 1360 g/mol. The Bertz CT molecular complexity index is 5230. The third-order valence-electron chi connectivity index (χ3n) is 16.9. The highest BCUT2D eigenvalue weighted by Crippen LogP contribution is 2.39. The van der Waals surface area contributed by atoms with E-state index in [0.29, 0.717) is 66.5 Å². The molecule has 0 radical (unpaired) electrons. The van der Waals surface area contributed by atoms with E-state index >= 15 is 17.6 Å². The molecule has 5 heterocycles. The number of rotatable bonds is 16. The van der Waals surface area contributed by atoms with Gasteiger partial charge in [-0.2, -0.15) is 0 Å². The molecule has 4 aromatic heterocycles. The lowest BCUT2D eigenvalue weighted by molar-refractivity contribution is 0.586. The number of aromatic amines is 4. The summed E-state index contributed by atoms with van der Waals surface area (Å²) in [5.74, 6) is -2.73. The Morgan fingerprint density at radius 3 is 0.656 bits per heavy atom. The molecule has 0 aliphatic carbocycles. The Hall–Kier alpha value is -10.3. The summed E-state index contributed by atoms with van der Waals surface area (Å²) in [5, 5.41) is 1.36. The van der Waals surface area contributed by atoms with Crippen LogP contribution in [0.25, 0.3) is 66.8 Å². The second kappa shape index (κ2) is 25.1. The van der Waals surface area contributed by atoms with Crippen LogP contribution in [0, 0.1) is 23.3 Å². The molecular weight excluding hydrogens is 1310 g/mol. The van der Waals surface area contributed by atoms with Gasteiger partial charge >= 0.3 is 0 Å². The summed E-state index contributed by atoms with van der Waals surface area (Å²) in [7, 11) is -12.6. The van der Waals surface area contributed by atoms with Crippen molar-refractivity contribution in [1.82, 2.24) is 38.8 Å². The summed E-state index contributed by atoms with van der Waals surface area (Å²) in [5.41, 5.74) is 4.07. The molecule has 0 saturated heterocycles. The van der Waals surface area contributed by atoms with E-state index in [1.165, 1.54) is 150 Å². The number of benzene rings is 8. The van der Waals surface area contributed by atoms with Crippen molar-refractivity contribution in [3.8, 4) is 44.5 Å². The van der Waals surface area contributed by atoms with E-state index in [9.17, 15) is 33.7 Å². The number of fused-ring (bicyclic) bond motifs is 8. The summed E-state index contributed by atoms with van der Waals surface area (Å²) >= 11 is 0. The minimum atomic E-state index is -4.38. The Morgan fingerprint density at radius 1 is 0.250 bits per heavy atom. The molecule has 0 amide bonds. The van der Waals surface area contributed by atoms with Gasteiger partial charge in [-0.25, -0.2) is 70.1 Å². The Balaban J connectivity index is 1.18. The molecule has 13 rings (SSSR count). The first kappa shape index (κ1) is 64.4. The maximum absolute atomic E-state index is 15.8. The van der Waals surface area contributed by atoms with Crippen LogP contribution >= 0.6 is 0 Å². The van der Waals surface area contributed by atoms with E-state index < -0.39 is 63.4 Å². The van der Waals surface area contributed by atoms with E-state index in [1.807, 2.05) is 0 Å². The third kappa shape index (κ3) is 11.7. The second-order valence-corrected chi connectivity index (χ2v) is 29.7. The average Bonchev–Trinajstić information content (AvgIpc) is 1.43. The number of hydrogen-bond donors (Lipinski definition) is 8. The molecule has 24 heteroatoms. The Morgan fingerprint density at radius 2 is 0.458 bits per heavy atom. The molecule has 12 aromatic rings. The average molecular weight is 1370 g/mol. The van der Waals surface area contributed by atoms with Crippen molar-refractivity contribution in [2.45, 2.75) is 19.6 Å². The Kier molecular flexibility index (Phi) is 16.9. The van der Waals surface area contributed by atoms with E-state index in [0.717, 1.165) is 0 Å². The lowest BCUT2D eigenvalue weighted by Crippen LogP contribution is -2.22. The highest BCUT2D eigenvalue weighted by atomic mass is 32.2. The zero-order chi connectivity index (χ0) is 67.6. The maximum Gasteiger partial charge on any atom is 0.240 e. The van der Waals surface area contributed by atoms with Crippen LogP contribution in [0.4, 0.5) is 17.6 Å². The van der Waals surface area contributed by atoms with Crippen LogP contribution in [-0.4, -0.2) is 81.8 Å². The van der Waals surface area contributed by atoms with Crippen molar-refractivity contribution in [2.75, 3.05) is 28.2 Å². The predicted octanol–water partition coefficient (Wildman–Crippen LogP) is 9.16. The summed E-state index contributed by atoms with van der Waals surface area (Å²) in [6, 6.07) is 54.9. The van der Waals surface area contributed by atoms with Crippen LogP contribution in [0.1, 0.15) is 45.0 Å². The summed E-state index contributed by atoms with van der Waals surface area (Å²) in [6.45, 7) is 0. The normalized spacial score (nSPS) is 13.0. The van der Waals surface area contributed by atoms with E-state index in [1.54, 1.807) is 97.1 Å². The summed E-state index contributed by atoms with van der Waals surface area (Å²) in [6.07, 6.45) is 0. The Labute approximate surface area is 549 Å². The number of aromatic nitrogens is 4. The number of hydrogen-bond acceptors (Lipinski definition) is 8. The first-order valence-corrected chi connectivity index (χ1v) is 35.6. The molecule has 0 spiro atoms. The van der Waals surface area contributed by atoms with Crippen LogP contribution in [0.3, 0.4) is 0 Å². The van der Waals surface area contributed by atoms with E-state index in [2.05, 4.69) is 38.8 Å². The predicted molar refractivity (Wildman–Crippen MR) is 360 cm³/mol. The smallest absolute Gasteiger partial charge is 0.240 e. The van der Waals surface area contributed by atoms with Gasteiger partial charge in [-0.3, -0.25) is 0 Å². The molecule has 1 aliphatic rings. The van der Waals surface area contributed by atoms with Crippen molar-refractivity contribution < 1.29 is 51.2 Å². The van der Waals surface area contributed by atoms with Crippen molar-refractivity contribution in [3.63, 3.8) is 0 Å². The number of sulfonamides is 4. The zero-order valence-corrected chi connectivity index (χ0v) is 54.5. The quantitative estimate of drug-likeness (QED) is 0.0432. The first-order chi connectivity index (χ1) is 46.0. The first-order valence-electron chi connectivity index (χ1n) is 29.6. The molecule has 8 N–H and O–H groups in total. The van der Waals surface area contributed by atoms with Gasteiger partial charge in [0.25, 0.3) is 0 Å². The van der Waals surface area contributed by atoms with Crippen molar-refractivity contribution >= 4 is 62.4 Å². The summed E-state index contributed by atoms with van der Waals surface area (Å²) < 4.78 is 187. The van der Waals surface area contributed by atoms with Gasteiger partial charge in [-0.05, 0) is 148 Å². The molecule has 16 nitrogen and oxygen atoms in total.